The van der Waals surface area contributed by atoms with E-state index in [-0.39, 0.29) is 5.91 Å². The summed E-state index contributed by atoms with van der Waals surface area (Å²) in [6, 6.07) is 12.3. The Balaban J connectivity index is 1.57. The Bertz CT molecular complexity index is 946. The highest BCUT2D eigenvalue weighted by Crippen LogP contribution is 2.28. The van der Waals surface area contributed by atoms with E-state index in [0.29, 0.717) is 17.0 Å². The first kappa shape index (κ1) is 17.5. The highest BCUT2D eigenvalue weighted by molar-refractivity contribution is 6.05. The molecule has 0 bridgehead atoms. The van der Waals surface area contributed by atoms with Gasteiger partial charge in [0.1, 0.15) is 11.3 Å². The Morgan fingerprint density at radius 1 is 1.30 bits per heavy atom. The van der Waals surface area contributed by atoms with Gasteiger partial charge in [-0.05, 0) is 36.8 Å². The molecule has 1 N–H and O–H groups in total. The van der Waals surface area contributed by atoms with Crippen molar-refractivity contribution in [1.82, 2.24) is 19.9 Å². The Morgan fingerprint density at radius 3 is 2.81 bits per heavy atom. The largest absolute Gasteiger partial charge is 0.359 e. The lowest BCUT2D eigenvalue weighted by molar-refractivity contribution is 0.0953. The average molecular weight is 363 g/mol. The second-order valence-corrected chi connectivity index (χ2v) is 7.37. The molecule has 2 aromatic heterocycles. The van der Waals surface area contributed by atoms with E-state index in [2.05, 4.69) is 39.5 Å². The molecule has 1 aliphatic rings. The zero-order chi connectivity index (χ0) is 18.8. The van der Waals surface area contributed by atoms with Crippen LogP contribution >= 0.6 is 0 Å². The number of pyridine rings is 1. The summed E-state index contributed by atoms with van der Waals surface area (Å²) in [5, 5.41) is 3.05. The van der Waals surface area contributed by atoms with Gasteiger partial charge in [-0.25, -0.2) is 9.97 Å². The van der Waals surface area contributed by atoms with Gasteiger partial charge < -0.3 is 14.8 Å². The number of nitrogens with one attached hydrogen (secondary N) is 1. The van der Waals surface area contributed by atoms with Crippen LogP contribution in [0.2, 0.25) is 0 Å². The number of anilines is 1. The van der Waals surface area contributed by atoms with Crippen molar-refractivity contribution in [3.05, 3.63) is 53.9 Å². The maximum atomic E-state index is 12.7. The number of likely N-dealkylation sites (N-methyl/N-ethyl adjacent to an activating group) is 1. The third kappa shape index (κ3) is 3.94. The number of carbonyl (C=O) groups is 1. The number of hydrogen-bond donors (Lipinski definition) is 1. The summed E-state index contributed by atoms with van der Waals surface area (Å²) in [7, 11) is 3.92. The summed E-state index contributed by atoms with van der Waals surface area (Å²) in [6.07, 6.45) is 5.06. The van der Waals surface area contributed by atoms with Crippen molar-refractivity contribution in [3.8, 4) is 0 Å². The number of fused-ring (bicyclic) bond motifs is 1. The van der Waals surface area contributed by atoms with Crippen LogP contribution in [-0.4, -0.2) is 40.6 Å². The van der Waals surface area contributed by atoms with E-state index < -0.39 is 0 Å². The molecule has 0 unspecified atom stereocenters. The molecule has 1 saturated carbocycles. The molecule has 1 aromatic carbocycles. The maximum absolute atomic E-state index is 12.7. The first-order chi connectivity index (χ1) is 13.1. The standard InChI is InChI=1S/C21H25N5O/c1-25(11-10-15-6-4-3-5-7-15)18-12-17(21(27)22-13-16-8-9-16)19-20(24-18)26(2)14-23-19/h3-7,12,14,16H,8-11,13H2,1-2H3,(H,22,27). The van der Waals surface area contributed by atoms with E-state index >= 15 is 0 Å². The fourth-order valence-electron chi connectivity index (χ4n) is 3.16. The third-order valence-electron chi connectivity index (χ3n) is 5.12. The van der Waals surface area contributed by atoms with Crippen molar-refractivity contribution < 1.29 is 4.79 Å². The number of rotatable bonds is 7. The molecule has 1 amide bonds. The fraction of sp³-hybridized carbons (Fsp3) is 0.381. The maximum Gasteiger partial charge on any atom is 0.253 e. The van der Waals surface area contributed by atoms with E-state index in [1.54, 1.807) is 6.33 Å². The van der Waals surface area contributed by atoms with Crippen LogP contribution in [0.15, 0.2) is 42.7 Å². The second-order valence-electron chi connectivity index (χ2n) is 7.37. The van der Waals surface area contributed by atoms with Gasteiger partial charge in [-0.3, -0.25) is 4.79 Å². The van der Waals surface area contributed by atoms with E-state index in [1.165, 1.54) is 18.4 Å². The quantitative estimate of drug-likeness (QED) is 0.701. The van der Waals surface area contributed by atoms with Crippen molar-refractivity contribution >= 4 is 22.9 Å². The molecule has 0 saturated heterocycles. The summed E-state index contributed by atoms with van der Waals surface area (Å²) in [6.45, 7) is 1.57. The van der Waals surface area contributed by atoms with Gasteiger partial charge in [-0.1, -0.05) is 30.3 Å². The van der Waals surface area contributed by atoms with Gasteiger partial charge >= 0.3 is 0 Å². The van der Waals surface area contributed by atoms with Crippen LogP contribution < -0.4 is 10.2 Å². The lowest BCUT2D eigenvalue weighted by atomic mass is 10.1. The van der Waals surface area contributed by atoms with Gasteiger partial charge in [0.2, 0.25) is 0 Å². The van der Waals surface area contributed by atoms with Crippen molar-refractivity contribution in [1.29, 1.82) is 0 Å². The molecule has 4 rings (SSSR count). The predicted molar refractivity (Wildman–Crippen MR) is 107 cm³/mol. The number of imidazole rings is 1. The summed E-state index contributed by atoms with van der Waals surface area (Å²) in [5.74, 6) is 1.37. The second kappa shape index (κ2) is 7.39. The number of aromatic nitrogens is 3. The average Bonchev–Trinajstić information content (AvgIpc) is 3.46. The van der Waals surface area contributed by atoms with Gasteiger partial charge in [0, 0.05) is 27.2 Å². The molecule has 0 spiro atoms. The van der Waals surface area contributed by atoms with Crippen LogP contribution in [0.4, 0.5) is 5.82 Å². The zero-order valence-corrected chi connectivity index (χ0v) is 15.9. The monoisotopic (exact) mass is 363 g/mol. The Kier molecular flexibility index (Phi) is 4.79. The Hall–Kier alpha value is -2.89. The van der Waals surface area contributed by atoms with Crippen LogP contribution in [0, 0.1) is 5.92 Å². The molecule has 0 atom stereocenters. The smallest absolute Gasteiger partial charge is 0.253 e. The van der Waals surface area contributed by atoms with Crippen LogP contribution in [0.5, 0.6) is 0 Å². The summed E-state index contributed by atoms with van der Waals surface area (Å²) in [4.78, 5) is 24.0. The summed E-state index contributed by atoms with van der Waals surface area (Å²) < 4.78 is 1.86. The molecule has 140 valence electrons. The van der Waals surface area contributed by atoms with Gasteiger partial charge in [-0.15, -0.1) is 0 Å². The number of nitrogens with zero attached hydrogens (tertiary/aromatic N) is 4. The predicted octanol–water partition coefficient (Wildman–Crippen LogP) is 2.79. The van der Waals surface area contributed by atoms with E-state index in [0.717, 1.165) is 31.0 Å². The lowest BCUT2D eigenvalue weighted by Crippen LogP contribution is -2.27. The SMILES string of the molecule is CN(CCc1ccccc1)c1cc(C(=O)NCC2CC2)c2ncn(C)c2n1. The molecule has 6 heteroatoms. The van der Waals surface area contributed by atoms with Crippen LogP contribution in [-0.2, 0) is 13.5 Å². The highest BCUT2D eigenvalue weighted by atomic mass is 16.1. The van der Waals surface area contributed by atoms with Gasteiger partial charge in [0.25, 0.3) is 5.91 Å². The molecule has 0 aliphatic heterocycles. The topological polar surface area (TPSA) is 63.1 Å². The highest BCUT2D eigenvalue weighted by Gasteiger charge is 2.23. The number of carbonyl (C=O) groups excluding carboxylic acids is 1. The molecule has 27 heavy (non-hydrogen) atoms. The van der Waals surface area contributed by atoms with Crippen molar-refractivity contribution in [2.45, 2.75) is 19.3 Å². The lowest BCUT2D eigenvalue weighted by Gasteiger charge is -2.19. The first-order valence-corrected chi connectivity index (χ1v) is 9.47. The molecule has 0 radical (unpaired) electrons. The summed E-state index contributed by atoms with van der Waals surface area (Å²) >= 11 is 0. The van der Waals surface area contributed by atoms with Gasteiger partial charge in [-0.2, -0.15) is 0 Å². The van der Waals surface area contributed by atoms with Crippen molar-refractivity contribution in [2.75, 3.05) is 25.0 Å². The first-order valence-electron chi connectivity index (χ1n) is 9.47. The van der Waals surface area contributed by atoms with E-state index in [1.807, 2.05) is 30.8 Å². The minimum atomic E-state index is -0.0642. The Morgan fingerprint density at radius 2 is 2.07 bits per heavy atom. The van der Waals surface area contributed by atoms with Crippen LogP contribution in [0.3, 0.4) is 0 Å². The molecule has 3 aromatic rings. The minimum absolute atomic E-state index is 0.0642. The van der Waals surface area contributed by atoms with E-state index in [4.69, 9.17) is 4.98 Å². The van der Waals surface area contributed by atoms with E-state index in [9.17, 15) is 4.79 Å². The Labute approximate surface area is 159 Å². The van der Waals surface area contributed by atoms with Crippen LogP contribution in [0.1, 0.15) is 28.8 Å². The minimum Gasteiger partial charge on any atom is -0.359 e. The molecule has 1 aliphatic carbocycles. The molecule has 2 heterocycles. The number of aryl methyl sites for hydroxylation is 1. The van der Waals surface area contributed by atoms with Crippen LogP contribution in [0.25, 0.3) is 11.2 Å². The molecule has 1 fully saturated rings. The number of amides is 1. The molecular weight excluding hydrogens is 338 g/mol. The third-order valence-corrected chi connectivity index (χ3v) is 5.12. The van der Waals surface area contributed by atoms with Gasteiger partial charge in [0.05, 0.1) is 11.9 Å². The normalized spacial score (nSPS) is 13.7. The zero-order valence-electron chi connectivity index (χ0n) is 15.9. The van der Waals surface area contributed by atoms with Crippen molar-refractivity contribution in [2.24, 2.45) is 13.0 Å². The fourth-order valence-corrected chi connectivity index (χ4v) is 3.16. The molecular formula is C21H25N5O. The molecule has 6 nitrogen and oxygen atoms in total. The van der Waals surface area contributed by atoms with Gasteiger partial charge in [0.15, 0.2) is 5.65 Å². The number of benzene rings is 1. The number of hydrogen-bond acceptors (Lipinski definition) is 4. The summed E-state index contributed by atoms with van der Waals surface area (Å²) in [5.41, 5.74) is 3.28. The van der Waals surface area contributed by atoms with Crippen molar-refractivity contribution in [3.63, 3.8) is 0 Å².